The molecule has 2 heterocycles. The lowest BCUT2D eigenvalue weighted by Gasteiger charge is -2.18. The number of methoxy groups -OCH3 is 2. The monoisotopic (exact) mass is 262 g/mol. The molecule has 0 unspecified atom stereocenters. The molecule has 0 saturated heterocycles. The SMILES string of the molecule is COC(=O)[C@@H](OC)c1c(C)nc2c(ccn2C)c1C. The number of nitrogens with zero attached hydrogens (tertiary/aromatic N) is 2. The van der Waals surface area contributed by atoms with Gasteiger partial charge in [-0.2, -0.15) is 0 Å². The molecular formula is C14H18N2O3. The Morgan fingerprint density at radius 3 is 2.63 bits per heavy atom. The van der Waals surface area contributed by atoms with E-state index in [1.54, 1.807) is 0 Å². The largest absolute Gasteiger partial charge is 0.467 e. The summed E-state index contributed by atoms with van der Waals surface area (Å²) in [5, 5.41) is 1.02. The summed E-state index contributed by atoms with van der Waals surface area (Å²) in [4.78, 5) is 16.4. The number of hydrogen-bond donors (Lipinski definition) is 0. The molecule has 0 aliphatic heterocycles. The standard InChI is InChI=1S/C14H18N2O3/c1-8-10-6-7-16(3)13(10)15-9(2)11(8)12(18-4)14(17)19-5/h6-7,12H,1-5H3/t12-/m0/s1. The molecule has 0 aromatic carbocycles. The normalized spacial score (nSPS) is 12.7. The highest BCUT2D eigenvalue weighted by molar-refractivity contribution is 5.85. The van der Waals surface area contributed by atoms with E-state index in [-0.39, 0.29) is 0 Å². The van der Waals surface area contributed by atoms with Crippen LogP contribution in [0.25, 0.3) is 11.0 Å². The van der Waals surface area contributed by atoms with Gasteiger partial charge in [-0.05, 0) is 25.5 Å². The van der Waals surface area contributed by atoms with Crippen molar-refractivity contribution < 1.29 is 14.3 Å². The molecular weight excluding hydrogens is 244 g/mol. The topological polar surface area (TPSA) is 53.4 Å². The predicted molar refractivity (Wildman–Crippen MR) is 72.0 cm³/mol. The van der Waals surface area contributed by atoms with Crippen molar-refractivity contribution in [2.24, 2.45) is 7.05 Å². The first-order valence-electron chi connectivity index (χ1n) is 6.04. The van der Waals surface area contributed by atoms with Gasteiger partial charge in [-0.3, -0.25) is 0 Å². The lowest BCUT2D eigenvalue weighted by molar-refractivity contribution is -0.152. The van der Waals surface area contributed by atoms with Crippen molar-refractivity contribution in [3.05, 3.63) is 29.1 Å². The maximum atomic E-state index is 11.8. The van der Waals surface area contributed by atoms with Crippen LogP contribution < -0.4 is 0 Å². The van der Waals surface area contributed by atoms with Gasteiger partial charge in [0.05, 0.1) is 7.11 Å². The fourth-order valence-electron chi connectivity index (χ4n) is 2.41. The summed E-state index contributed by atoms with van der Waals surface area (Å²) in [5.41, 5.74) is 3.47. The molecule has 0 fully saturated rings. The summed E-state index contributed by atoms with van der Waals surface area (Å²) in [6.45, 7) is 3.85. The van der Waals surface area contributed by atoms with Gasteiger partial charge in [-0.25, -0.2) is 9.78 Å². The first-order valence-corrected chi connectivity index (χ1v) is 6.04. The molecule has 2 rings (SSSR count). The number of aryl methyl sites for hydroxylation is 3. The summed E-state index contributed by atoms with van der Waals surface area (Å²) in [5.74, 6) is -0.411. The number of carbonyl (C=O) groups excluding carboxylic acids is 1. The molecule has 0 N–H and O–H groups in total. The molecule has 19 heavy (non-hydrogen) atoms. The van der Waals surface area contributed by atoms with Crippen LogP contribution in [-0.4, -0.2) is 29.7 Å². The van der Waals surface area contributed by atoms with Gasteiger partial charge in [0.15, 0.2) is 6.10 Å². The zero-order valence-corrected chi connectivity index (χ0v) is 11.9. The zero-order valence-electron chi connectivity index (χ0n) is 11.9. The lowest BCUT2D eigenvalue weighted by Crippen LogP contribution is -2.19. The van der Waals surface area contributed by atoms with E-state index in [0.29, 0.717) is 0 Å². The Hall–Kier alpha value is -1.88. The van der Waals surface area contributed by atoms with Crippen LogP contribution in [0.2, 0.25) is 0 Å². The molecule has 0 amide bonds. The Labute approximate surface area is 112 Å². The van der Waals surface area contributed by atoms with Crippen LogP contribution in [0.3, 0.4) is 0 Å². The first-order chi connectivity index (χ1) is 9.01. The van der Waals surface area contributed by atoms with Gasteiger partial charge >= 0.3 is 5.97 Å². The van der Waals surface area contributed by atoms with Crippen LogP contribution in [0.5, 0.6) is 0 Å². The van der Waals surface area contributed by atoms with Gasteiger partial charge in [0.1, 0.15) is 5.65 Å². The second-order valence-electron chi connectivity index (χ2n) is 4.54. The molecule has 5 nitrogen and oxygen atoms in total. The summed E-state index contributed by atoms with van der Waals surface area (Å²) in [6.07, 6.45) is 1.22. The molecule has 102 valence electrons. The van der Waals surface area contributed by atoms with Crippen molar-refractivity contribution in [2.75, 3.05) is 14.2 Å². The van der Waals surface area contributed by atoms with Crippen LogP contribution in [0.1, 0.15) is 22.9 Å². The Morgan fingerprint density at radius 2 is 2.05 bits per heavy atom. The van der Waals surface area contributed by atoms with Crippen LogP contribution in [0.15, 0.2) is 12.3 Å². The van der Waals surface area contributed by atoms with Gasteiger partial charge in [-0.1, -0.05) is 0 Å². The van der Waals surface area contributed by atoms with Gasteiger partial charge in [0.25, 0.3) is 0 Å². The number of aromatic nitrogens is 2. The van der Waals surface area contributed by atoms with E-state index in [9.17, 15) is 4.79 Å². The van der Waals surface area contributed by atoms with Crippen molar-refractivity contribution >= 4 is 17.0 Å². The molecule has 0 spiro atoms. The minimum atomic E-state index is -0.734. The van der Waals surface area contributed by atoms with Gasteiger partial charge in [-0.15, -0.1) is 0 Å². The smallest absolute Gasteiger partial charge is 0.339 e. The number of hydrogen-bond acceptors (Lipinski definition) is 4. The van der Waals surface area contributed by atoms with Crippen molar-refractivity contribution in [2.45, 2.75) is 20.0 Å². The fourth-order valence-corrected chi connectivity index (χ4v) is 2.41. The minimum Gasteiger partial charge on any atom is -0.467 e. The fraction of sp³-hybridized carbons (Fsp3) is 0.429. The quantitative estimate of drug-likeness (QED) is 0.794. The second kappa shape index (κ2) is 5.01. The molecule has 0 aliphatic rings. The number of esters is 1. The number of rotatable bonds is 3. The van der Waals surface area contributed by atoms with Crippen LogP contribution >= 0.6 is 0 Å². The van der Waals surface area contributed by atoms with Gasteiger partial charge in [0, 0.05) is 37.0 Å². The number of fused-ring (bicyclic) bond motifs is 1. The Morgan fingerprint density at radius 1 is 1.37 bits per heavy atom. The van der Waals surface area contributed by atoms with Crippen LogP contribution in [-0.2, 0) is 21.3 Å². The van der Waals surface area contributed by atoms with Crippen molar-refractivity contribution in [3.8, 4) is 0 Å². The number of ether oxygens (including phenoxy) is 2. The first kappa shape index (κ1) is 13.5. The zero-order chi connectivity index (χ0) is 14.2. The van der Waals surface area contributed by atoms with E-state index >= 15 is 0 Å². The summed E-state index contributed by atoms with van der Waals surface area (Å²) in [7, 11) is 4.80. The molecule has 0 aliphatic carbocycles. The van der Waals surface area contributed by atoms with Crippen molar-refractivity contribution in [1.29, 1.82) is 0 Å². The average Bonchev–Trinajstić information content (AvgIpc) is 2.75. The lowest BCUT2D eigenvalue weighted by atomic mass is 9.99. The van der Waals surface area contributed by atoms with Crippen LogP contribution in [0.4, 0.5) is 0 Å². The van der Waals surface area contributed by atoms with E-state index < -0.39 is 12.1 Å². The minimum absolute atomic E-state index is 0.411. The third-order valence-electron chi connectivity index (χ3n) is 3.42. The number of pyridine rings is 1. The highest BCUT2D eigenvalue weighted by atomic mass is 16.6. The summed E-state index contributed by atoms with van der Waals surface area (Å²) >= 11 is 0. The molecule has 0 saturated carbocycles. The highest BCUT2D eigenvalue weighted by Gasteiger charge is 2.26. The Bertz CT molecular complexity index is 631. The maximum absolute atomic E-state index is 11.8. The second-order valence-corrected chi connectivity index (χ2v) is 4.54. The Kier molecular flexibility index (Phi) is 3.57. The van der Waals surface area contributed by atoms with Crippen molar-refractivity contribution in [1.82, 2.24) is 9.55 Å². The van der Waals surface area contributed by atoms with Crippen molar-refractivity contribution in [3.63, 3.8) is 0 Å². The third-order valence-corrected chi connectivity index (χ3v) is 3.42. The number of carbonyl (C=O) groups is 1. The Balaban J connectivity index is 2.69. The molecule has 5 heteroatoms. The van der Waals surface area contributed by atoms with E-state index in [1.807, 2.05) is 37.7 Å². The molecule has 0 bridgehead atoms. The van der Waals surface area contributed by atoms with Gasteiger partial charge < -0.3 is 14.0 Å². The molecule has 2 aromatic heterocycles. The summed E-state index contributed by atoms with van der Waals surface area (Å²) < 4.78 is 12.0. The molecule has 2 aromatic rings. The third kappa shape index (κ3) is 2.10. The molecule has 1 atom stereocenters. The van der Waals surface area contributed by atoms with Gasteiger partial charge in [0.2, 0.25) is 0 Å². The van der Waals surface area contributed by atoms with Crippen LogP contribution in [0, 0.1) is 13.8 Å². The van der Waals surface area contributed by atoms with E-state index in [0.717, 1.165) is 27.9 Å². The highest BCUT2D eigenvalue weighted by Crippen LogP contribution is 2.30. The van der Waals surface area contributed by atoms with E-state index in [2.05, 4.69) is 4.98 Å². The summed E-state index contributed by atoms with van der Waals surface area (Å²) in [6, 6.07) is 1.99. The molecule has 0 radical (unpaired) electrons. The average molecular weight is 262 g/mol. The van der Waals surface area contributed by atoms with E-state index in [1.165, 1.54) is 14.2 Å². The predicted octanol–water partition coefficient (Wildman–Crippen LogP) is 2.05. The van der Waals surface area contributed by atoms with E-state index in [4.69, 9.17) is 9.47 Å². The maximum Gasteiger partial charge on any atom is 0.339 e.